The Balaban J connectivity index is 1.76. The summed E-state index contributed by atoms with van der Waals surface area (Å²) in [7, 11) is -3.52. The molecule has 0 spiro atoms. The maximum atomic E-state index is 11.9. The Morgan fingerprint density at radius 2 is 1.95 bits per heavy atom. The molecular formula is C14H20N2O3S. The van der Waals surface area contributed by atoms with E-state index in [2.05, 4.69) is 10.0 Å². The van der Waals surface area contributed by atoms with Gasteiger partial charge in [-0.3, -0.25) is 4.79 Å². The number of hydrogen-bond donors (Lipinski definition) is 2. The van der Waals surface area contributed by atoms with Gasteiger partial charge in [-0.15, -0.1) is 0 Å². The Kier molecular flexibility index (Phi) is 4.77. The highest BCUT2D eigenvalue weighted by Gasteiger charge is 2.28. The predicted molar refractivity (Wildman–Crippen MR) is 76.6 cm³/mol. The maximum absolute atomic E-state index is 11.9. The molecule has 2 rings (SSSR count). The summed E-state index contributed by atoms with van der Waals surface area (Å²) >= 11 is 0. The van der Waals surface area contributed by atoms with Crippen LogP contribution in [-0.4, -0.2) is 26.9 Å². The zero-order chi connectivity index (χ0) is 14.6. The van der Waals surface area contributed by atoms with E-state index in [4.69, 9.17) is 0 Å². The highest BCUT2D eigenvalue weighted by molar-refractivity contribution is 7.89. The number of rotatable bonds is 7. The van der Waals surface area contributed by atoms with Crippen molar-refractivity contribution < 1.29 is 13.2 Å². The molecule has 20 heavy (non-hydrogen) atoms. The van der Waals surface area contributed by atoms with Crippen LogP contribution < -0.4 is 10.0 Å². The molecular weight excluding hydrogens is 276 g/mol. The lowest BCUT2D eigenvalue weighted by Gasteiger charge is -2.13. The zero-order valence-corrected chi connectivity index (χ0v) is 12.3. The van der Waals surface area contributed by atoms with Gasteiger partial charge in [0.2, 0.25) is 15.9 Å². The van der Waals surface area contributed by atoms with E-state index >= 15 is 0 Å². The molecule has 110 valence electrons. The Labute approximate surface area is 119 Å². The second-order valence-corrected chi connectivity index (χ2v) is 6.92. The van der Waals surface area contributed by atoms with Crippen molar-refractivity contribution in [2.75, 3.05) is 6.54 Å². The van der Waals surface area contributed by atoms with Crippen LogP contribution in [-0.2, 0) is 14.8 Å². The lowest BCUT2D eigenvalue weighted by Crippen LogP contribution is -2.36. The number of amides is 1. The van der Waals surface area contributed by atoms with E-state index in [-0.39, 0.29) is 29.8 Å². The summed E-state index contributed by atoms with van der Waals surface area (Å²) in [6.07, 6.45) is 2.49. The van der Waals surface area contributed by atoms with E-state index in [1.807, 2.05) is 6.92 Å². The molecule has 1 saturated carbocycles. The zero-order valence-electron chi connectivity index (χ0n) is 11.5. The van der Waals surface area contributed by atoms with Crippen molar-refractivity contribution in [1.82, 2.24) is 10.0 Å². The molecule has 0 aromatic heterocycles. The van der Waals surface area contributed by atoms with Gasteiger partial charge in [0, 0.05) is 19.0 Å². The molecule has 1 aromatic rings. The summed E-state index contributed by atoms with van der Waals surface area (Å²) in [5, 5.41) is 2.89. The molecule has 1 fully saturated rings. The van der Waals surface area contributed by atoms with Gasteiger partial charge in [-0.1, -0.05) is 18.2 Å². The third kappa shape index (κ3) is 4.31. The fourth-order valence-corrected chi connectivity index (χ4v) is 3.07. The summed E-state index contributed by atoms with van der Waals surface area (Å²) in [6, 6.07) is 8.33. The molecule has 0 radical (unpaired) electrons. The summed E-state index contributed by atoms with van der Waals surface area (Å²) in [5.74, 6) is 0.486. The summed E-state index contributed by atoms with van der Waals surface area (Å²) < 4.78 is 26.3. The number of nitrogens with one attached hydrogen (secondary N) is 2. The molecule has 1 aliphatic carbocycles. The smallest absolute Gasteiger partial charge is 0.240 e. The van der Waals surface area contributed by atoms with E-state index in [0.29, 0.717) is 5.92 Å². The number of carbonyl (C=O) groups is 1. The van der Waals surface area contributed by atoms with Crippen LogP contribution in [0.25, 0.3) is 0 Å². The average molecular weight is 296 g/mol. The SMILES string of the molecule is CC(NC(=O)CCNS(=O)(=O)c1ccccc1)C1CC1. The van der Waals surface area contributed by atoms with Crippen molar-refractivity contribution in [3.8, 4) is 0 Å². The fourth-order valence-electron chi connectivity index (χ4n) is 2.02. The van der Waals surface area contributed by atoms with Crippen molar-refractivity contribution in [3.05, 3.63) is 30.3 Å². The summed E-state index contributed by atoms with van der Waals surface area (Å²) in [4.78, 5) is 11.9. The second-order valence-electron chi connectivity index (χ2n) is 5.15. The van der Waals surface area contributed by atoms with Gasteiger partial charge in [0.15, 0.2) is 0 Å². The minimum absolute atomic E-state index is 0.111. The van der Waals surface area contributed by atoms with Crippen molar-refractivity contribution >= 4 is 15.9 Å². The van der Waals surface area contributed by atoms with Crippen LogP contribution in [0.2, 0.25) is 0 Å². The number of benzene rings is 1. The number of sulfonamides is 1. The topological polar surface area (TPSA) is 75.3 Å². The van der Waals surface area contributed by atoms with Crippen molar-refractivity contribution in [2.45, 2.75) is 37.1 Å². The summed E-state index contributed by atoms with van der Waals surface area (Å²) in [5.41, 5.74) is 0. The Morgan fingerprint density at radius 3 is 2.55 bits per heavy atom. The fraction of sp³-hybridized carbons (Fsp3) is 0.500. The number of carbonyl (C=O) groups excluding carboxylic acids is 1. The van der Waals surface area contributed by atoms with Crippen LogP contribution in [0.15, 0.2) is 35.2 Å². The Morgan fingerprint density at radius 1 is 1.30 bits per heavy atom. The lowest BCUT2D eigenvalue weighted by molar-refractivity contribution is -0.121. The highest BCUT2D eigenvalue weighted by Crippen LogP contribution is 2.32. The van der Waals surface area contributed by atoms with E-state index in [9.17, 15) is 13.2 Å². The minimum atomic E-state index is -3.52. The molecule has 1 amide bonds. The Bertz CT molecular complexity index is 553. The third-order valence-electron chi connectivity index (χ3n) is 3.42. The van der Waals surface area contributed by atoms with Gasteiger partial charge in [-0.05, 0) is 37.8 Å². The molecule has 0 heterocycles. The standard InChI is InChI=1S/C14H20N2O3S/c1-11(12-7-8-12)16-14(17)9-10-15-20(18,19)13-5-3-2-4-6-13/h2-6,11-12,15H,7-10H2,1H3,(H,16,17). The first-order chi connectivity index (χ1) is 9.49. The van der Waals surface area contributed by atoms with Crippen molar-refractivity contribution in [1.29, 1.82) is 0 Å². The van der Waals surface area contributed by atoms with Crippen LogP contribution >= 0.6 is 0 Å². The largest absolute Gasteiger partial charge is 0.353 e. The van der Waals surface area contributed by atoms with E-state index in [0.717, 1.165) is 0 Å². The van der Waals surface area contributed by atoms with Crippen LogP contribution in [0.4, 0.5) is 0 Å². The predicted octanol–water partition coefficient (Wildman–Crippen LogP) is 1.27. The molecule has 1 atom stereocenters. The molecule has 0 saturated heterocycles. The van der Waals surface area contributed by atoms with Gasteiger partial charge in [0.25, 0.3) is 0 Å². The molecule has 1 aliphatic rings. The molecule has 6 heteroatoms. The molecule has 1 aromatic carbocycles. The maximum Gasteiger partial charge on any atom is 0.240 e. The van der Waals surface area contributed by atoms with Crippen molar-refractivity contribution in [3.63, 3.8) is 0 Å². The molecule has 1 unspecified atom stereocenters. The number of hydrogen-bond acceptors (Lipinski definition) is 3. The first-order valence-corrected chi connectivity index (χ1v) is 8.31. The van der Waals surface area contributed by atoms with Crippen LogP contribution in [0.3, 0.4) is 0 Å². The van der Waals surface area contributed by atoms with Crippen molar-refractivity contribution in [2.24, 2.45) is 5.92 Å². The van der Waals surface area contributed by atoms with Crippen LogP contribution in [0.5, 0.6) is 0 Å². The van der Waals surface area contributed by atoms with Gasteiger partial charge in [0.1, 0.15) is 0 Å². The average Bonchev–Trinajstić information content (AvgIpc) is 3.23. The molecule has 0 aliphatic heterocycles. The third-order valence-corrected chi connectivity index (χ3v) is 4.89. The van der Waals surface area contributed by atoms with E-state index < -0.39 is 10.0 Å². The van der Waals surface area contributed by atoms with Gasteiger partial charge < -0.3 is 5.32 Å². The first-order valence-electron chi connectivity index (χ1n) is 6.83. The molecule has 2 N–H and O–H groups in total. The van der Waals surface area contributed by atoms with Gasteiger partial charge in [0.05, 0.1) is 4.90 Å². The molecule has 0 bridgehead atoms. The summed E-state index contributed by atoms with van der Waals surface area (Å²) in [6.45, 7) is 2.10. The monoisotopic (exact) mass is 296 g/mol. The van der Waals surface area contributed by atoms with Crippen LogP contribution in [0, 0.1) is 5.92 Å². The van der Waals surface area contributed by atoms with Crippen LogP contribution in [0.1, 0.15) is 26.2 Å². The Hall–Kier alpha value is -1.40. The quantitative estimate of drug-likeness (QED) is 0.795. The lowest BCUT2D eigenvalue weighted by atomic mass is 10.2. The van der Waals surface area contributed by atoms with Gasteiger partial charge in [-0.25, -0.2) is 13.1 Å². The normalized spacial score (nSPS) is 16.6. The minimum Gasteiger partial charge on any atom is -0.353 e. The van der Waals surface area contributed by atoms with E-state index in [1.54, 1.807) is 18.2 Å². The first kappa shape index (κ1) is 15.0. The van der Waals surface area contributed by atoms with Gasteiger partial charge >= 0.3 is 0 Å². The second kappa shape index (κ2) is 6.37. The highest BCUT2D eigenvalue weighted by atomic mass is 32.2. The van der Waals surface area contributed by atoms with Gasteiger partial charge in [-0.2, -0.15) is 0 Å². The molecule has 5 nitrogen and oxygen atoms in total. The van der Waals surface area contributed by atoms with E-state index in [1.165, 1.54) is 25.0 Å².